The molecule has 0 heterocycles. The molecule has 1 rings (SSSR count). The maximum absolute atomic E-state index is 12.3. The first-order chi connectivity index (χ1) is 8.72. The summed E-state index contributed by atoms with van der Waals surface area (Å²) in [6, 6.07) is 4.79. The Balaban J connectivity index is 3.00. The molecule has 0 fully saturated rings. The molecule has 1 aromatic carbocycles. The number of sulfonamides is 1. The lowest BCUT2D eigenvalue weighted by molar-refractivity contribution is 0.281. The van der Waals surface area contributed by atoms with Crippen molar-refractivity contribution in [2.75, 3.05) is 6.54 Å². The van der Waals surface area contributed by atoms with Crippen molar-refractivity contribution in [1.82, 2.24) is 4.72 Å². The first-order valence-corrected chi connectivity index (χ1v) is 8.38. The third-order valence-corrected chi connectivity index (χ3v) is 5.56. The summed E-state index contributed by atoms with van der Waals surface area (Å²) < 4.78 is 27.6. The zero-order valence-corrected chi connectivity index (χ0v) is 13.8. The van der Waals surface area contributed by atoms with E-state index in [1.807, 2.05) is 20.8 Å². The zero-order valence-electron chi connectivity index (χ0n) is 11.4. The van der Waals surface area contributed by atoms with Gasteiger partial charge in [-0.25, -0.2) is 13.1 Å². The number of rotatable bonds is 6. The molecule has 0 unspecified atom stereocenters. The number of nitrogens with one attached hydrogen (secondary N) is 1. The summed E-state index contributed by atoms with van der Waals surface area (Å²) >= 11 is 3.23. The molecule has 0 aliphatic heterocycles. The van der Waals surface area contributed by atoms with Gasteiger partial charge in [-0.2, -0.15) is 0 Å². The van der Waals surface area contributed by atoms with Crippen molar-refractivity contribution in [3.63, 3.8) is 0 Å². The predicted octanol–water partition coefficient (Wildman–Crippen LogP) is 2.66. The predicted molar refractivity (Wildman–Crippen MR) is 79.3 cm³/mol. The van der Waals surface area contributed by atoms with E-state index >= 15 is 0 Å². The SMILES string of the molecule is CCC(C)(C)CNS(=O)(=O)c1cc(CO)ccc1Br. The van der Waals surface area contributed by atoms with Gasteiger partial charge in [0.25, 0.3) is 0 Å². The summed E-state index contributed by atoms with van der Waals surface area (Å²) in [6.07, 6.45) is 0.882. The van der Waals surface area contributed by atoms with Crippen LogP contribution in [0.2, 0.25) is 0 Å². The molecule has 0 radical (unpaired) electrons. The molecule has 0 aromatic heterocycles. The minimum absolute atomic E-state index is 0.0892. The Labute approximate surface area is 123 Å². The van der Waals surface area contributed by atoms with Crippen molar-refractivity contribution < 1.29 is 13.5 Å². The molecule has 0 amide bonds. The maximum atomic E-state index is 12.3. The van der Waals surface area contributed by atoms with Crippen LogP contribution >= 0.6 is 15.9 Å². The molecule has 4 nitrogen and oxygen atoms in total. The minimum Gasteiger partial charge on any atom is -0.392 e. The van der Waals surface area contributed by atoms with Gasteiger partial charge in [-0.05, 0) is 45.5 Å². The van der Waals surface area contributed by atoms with Gasteiger partial charge in [0.15, 0.2) is 0 Å². The highest BCUT2D eigenvalue weighted by Gasteiger charge is 2.22. The Hall–Kier alpha value is -0.430. The number of benzene rings is 1. The van der Waals surface area contributed by atoms with Crippen LogP contribution in [0.3, 0.4) is 0 Å². The maximum Gasteiger partial charge on any atom is 0.241 e. The first-order valence-electron chi connectivity index (χ1n) is 6.11. The number of halogens is 1. The molecule has 0 saturated heterocycles. The van der Waals surface area contributed by atoms with Gasteiger partial charge >= 0.3 is 0 Å². The lowest BCUT2D eigenvalue weighted by Gasteiger charge is -2.23. The quantitative estimate of drug-likeness (QED) is 0.829. The topological polar surface area (TPSA) is 66.4 Å². The van der Waals surface area contributed by atoms with E-state index < -0.39 is 10.0 Å². The van der Waals surface area contributed by atoms with Crippen LogP contribution in [0.4, 0.5) is 0 Å². The normalized spacial score (nSPS) is 12.7. The van der Waals surface area contributed by atoms with Crippen LogP contribution in [0, 0.1) is 5.41 Å². The highest BCUT2D eigenvalue weighted by Crippen LogP contribution is 2.25. The van der Waals surface area contributed by atoms with E-state index in [9.17, 15) is 8.42 Å². The Bertz CT molecular complexity index is 541. The smallest absolute Gasteiger partial charge is 0.241 e. The summed E-state index contributed by atoms with van der Waals surface area (Å²) in [5.41, 5.74) is 0.479. The highest BCUT2D eigenvalue weighted by molar-refractivity contribution is 9.10. The van der Waals surface area contributed by atoms with E-state index in [2.05, 4.69) is 20.7 Å². The summed E-state index contributed by atoms with van der Waals surface area (Å²) in [5, 5.41) is 9.09. The molecular weight excluding hydrogens is 330 g/mol. The second-order valence-electron chi connectivity index (χ2n) is 5.27. The van der Waals surface area contributed by atoms with E-state index in [0.29, 0.717) is 16.6 Å². The van der Waals surface area contributed by atoms with Crippen LogP contribution in [-0.4, -0.2) is 20.1 Å². The van der Waals surface area contributed by atoms with Gasteiger partial charge in [0.1, 0.15) is 0 Å². The fraction of sp³-hybridized carbons (Fsp3) is 0.538. The lowest BCUT2D eigenvalue weighted by Crippen LogP contribution is -2.33. The van der Waals surface area contributed by atoms with Crippen LogP contribution < -0.4 is 4.72 Å². The average molecular weight is 350 g/mol. The van der Waals surface area contributed by atoms with E-state index in [4.69, 9.17) is 5.11 Å². The van der Waals surface area contributed by atoms with Gasteiger partial charge in [0, 0.05) is 11.0 Å². The molecular formula is C13H20BrNO3S. The Morgan fingerprint density at radius 3 is 2.53 bits per heavy atom. The summed E-state index contributed by atoms with van der Waals surface area (Å²) in [5.74, 6) is 0. The molecule has 0 atom stereocenters. The monoisotopic (exact) mass is 349 g/mol. The van der Waals surface area contributed by atoms with E-state index in [1.54, 1.807) is 12.1 Å². The van der Waals surface area contributed by atoms with Crippen molar-refractivity contribution in [1.29, 1.82) is 0 Å². The number of hydrogen-bond acceptors (Lipinski definition) is 3. The molecule has 0 saturated carbocycles. The minimum atomic E-state index is -3.57. The molecule has 0 bridgehead atoms. The molecule has 2 N–H and O–H groups in total. The molecule has 6 heteroatoms. The Morgan fingerprint density at radius 2 is 2.00 bits per heavy atom. The molecule has 0 spiro atoms. The number of hydrogen-bond donors (Lipinski definition) is 2. The summed E-state index contributed by atoms with van der Waals surface area (Å²) in [7, 11) is -3.57. The Morgan fingerprint density at radius 1 is 1.37 bits per heavy atom. The molecule has 108 valence electrons. The highest BCUT2D eigenvalue weighted by atomic mass is 79.9. The second kappa shape index (κ2) is 6.35. The number of aliphatic hydroxyl groups excluding tert-OH is 1. The number of aliphatic hydroxyl groups is 1. The lowest BCUT2D eigenvalue weighted by atomic mass is 9.91. The zero-order chi connectivity index (χ0) is 14.7. The van der Waals surface area contributed by atoms with Crippen molar-refractivity contribution >= 4 is 26.0 Å². The van der Waals surface area contributed by atoms with E-state index in [-0.39, 0.29) is 16.9 Å². The third-order valence-electron chi connectivity index (χ3n) is 3.17. The van der Waals surface area contributed by atoms with Gasteiger partial charge in [-0.15, -0.1) is 0 Å². The van der Waals surface area contributed by atoms with Crippen molar-refractivity contribution in [3.05, 3.63) is 28.2 Å². The van der Waals surface area contributed by atoms with Crippen molar-refractivity contribution in [2.24, 2.45) is 5.41 Å². The fourth-order valence-corrected chi connectivity index (χ4v) is 3.60. The van der Waals surface area contributed by atoms with Crippen LogP contribution in [0.25, 0.3) is 0 Å². The van der Waals surface area contributed by atoms with Gasteiger partial charge < -0.3 is 5.11 Å². The average Bonchev–Trinajstić information content (AvgIpc) is 2.37. The van der Waals surface area contributed by atoms with E-state index in [0.717, 1.165) is 6.42 Å². The van der Waals surface area contributed by atoms with Gasteiger partial charge in [-0.3, -0.25) is 0 Å². The second-order valence-corrected chi connectivity index (χ2v) is 7.85. The van der Waals surface area contributed by atoms with Crippen molar-refractivity contribution in [3.8, 4) is 0 Å². The standard InChI is InChI=1S/C13H20BrNO3S/c1-4-13(2,3)9-15-19(17,18)12-7-10(8-16)5-6-11(12)14/h5-7,15-16H,4,8-9H2,1-3H3. The molecule has 0 aliphatic rings. The van der Waals surface area contributed by atoms with Crippen LogP contribution in [-0.2, 0) is 16.6 Å². The third kappa shape index (κ3) is 4.56. The van der Waals surface area contributed by atoms with E-state index in [1.165, 1.54) is 6.07 Å². The van der Waals surface area contributed by atoms with Gasteiger partial charge in [0.2, 0.25) is 10.0 Å². The fourth-order valence-electron chi connectivity index (χ4n) is 1.35. The van der Waals surface area contributed by atoms with Crippen LogP contribution in [0.5, 0.6) is 0 Å². The first kappa shape index (κ1) is 16.6. The molecule has 19 heavy (non-hydrogen) atoms. The summed E-state index contributed by atoms with van der Waals surface area (Å²) in [4.78, 5) is 0.158. The van der Waals surface area contributed by atoms with Gasteiger partial charge in [-0.1, -0.05) is 26.8 Å². The largest absolute Gasteiger partial charge is 0.392 e. The summed E-state index contributed by atoms with van der Waals surface area (Å²) in [6.45, 7) is 6.23. The Kier molecular flexibility index (Phi) is 5.55. The molecule has 0 aliphatic carbocycles. The van der Waals surface area contributed by atoms with Gasteiger partial charge in [0.05, 0.1) is 11.5 Å². The van der Waals surface area contributed by atoms with Crippen LogP contribution in [0.1, 0.15) is 32.8 Å². The molecule has 1 aromatic rings. The van der Waals surface area contributed by atoms with Crippen molar-refractivity contribution in [2.45, 2.75) is 38.7 Å². The van der Waals surface area contributed by atoms with Crippen LogP contribution in [0.15, 0.2) is 27.6 Å².